The number of nitrogens with two attached hydrogens (primary N) is 1. The summed E-state index contributed by atoms with van der Waals surface area (Å²) in [7, 11) is 0. The van der Waals surface area contributed by atoms with Crippen LogP contribution in [0.5, 0.6) is 0 Å². The van der Waals surface area contributed by atoms with Gasteiger partial charge in [-0.05, 0) is 62.1 Å². The fourth-order valence-corrected chi connectivity index (χ4v) is 5.22. The van der Waals surface area contributed by atoms with E-state index in [0.717, 1.165) is 34.1 Å². The Labute approximate surface area is 123 Å². The van der Waals surface area contributed by atoms with E-state index in [0.29, 0.717) is 6.04 Å². The van der Waals surface area contributed by atoms with E-state index < -0.39 is 0 Å². The number of nitrogens with one attached hydrogen (secondary N) is 1. The Hall–Kier alpha value is -1.29. The van der Waals surface area contributed by atoms with Gasteiger partial charge in [-0.25, -0.2) is 4.98 Å². The first-order valence-electron chi connectivity index (χ1n) is 7.61. The Morgan fingerprint density at radius 2 is 2.25 bits per heavy atom. The fourth-order valence-electron chi connectivity index (χ4n) is 4.21. The molecule has 4 rings (SSSR count). The molecule has 2 aliphatic carbocycles. The van der Waals surface area contributed by atoms with Crippen LogP contribution >= 0.6 is 11.3 Å². The molecule has 3 nitrogen and oxygen atoms in total. The van der Waals surface area contributed by atoms with Crippen molar-refractivity contribution < 1.29 is 0 Å². The zero-order valence-electron chi connectivity index (χ0n) is 11.8. The van der Waals surface area contributed by atoms with E-state index in [1.54, 1.807) is 11.3 Å². The molecule has 2 aliphatic rings. The number of anilines is 2. The van der Waals surface area contributed by atoms with Gasteiger partial charge in [0.2, 0.25) is 0 Å². The number of rotatable bonds is 3. The molecule has 0 amide bonds. The van der Waals surface area contributed by atoms with Crippen molar-refractivity contribution in [1.82, 2.24) is 4.98 Å². The van der Waals surface area contributed by atoms with Gasteiger partial charge in [-0.15, -0.1) is 0 Å². The third-order valence-electron chi connectivity index (χ3n) is 5.20. The SMILES string of the molecule is CC(Nc1nc2ccc(N)cc2s1)C1CC2CCC1C2. The number of aromatic nitrogens is 1. The summed E-state index contributed by atoms with van der Waals surface area (Å²) in [6, 6.07) is 6.48. The van der Waals surface area contributed by atoms with Gasteiger partial charge in [0.25, 0.3) is 0 Å². The predicted molar refractivity (Wildman–Crippen MR) is 86.1 cm³/mol. The molecule has 0 spiro atoms. The summed E-state index contributed by atoms with van der Waals surface area (Å²) in [5.74, 6) is 2.79. The molecule has 4 heteroatoms. The van der Waals surface area contributed by atoms with Gasteiger partial charge in [-0.3, -0.25) is 0 Å². The predicted octanol–water partition coefficient (Wildman–Crippen LogP) is 4.12. The molecular weight excluding hydrogens is 266 g/mol. The van der Waals surface area contributed by atoms with Crippen molar-refractivity contribution in [1.29, 1.82) is 0 Å². The van der Waals surface area contributed by atoms with Gasteiger partial charge in [-0.1, -0.05) is 17.8 Å². The van der Waals surface area contributed by atoms with Crippen LogP contribution in [0, 0.1) is 17.8 Å². The molecule has 0 aliphatic heterocycles. The van der Waals surface area contributed by atoms with E-state index in [-0.39, 0.29) is 0 Å². The van der Waals surface area contributed by atoms with E-state index in [4.69, 9.17) is 5.73 Å². The van der Waals surface area contributed by atoms with Crippen molar-refractivity contribution >= 4 is 32.4 Å². The normalized spacial score (nSPS) is 29.9. The van der Waals surface area contributed by atoms with Crippen LogP contribution in [0.1, 0.15) is 32.6 Å². The Kier molecular flexibility index (Phi) is 2.88. The summed E-state index contributed by atoms with van der Waals surface area (Å²) in [5, 5.41) is 4.69. The topological polar surface area (TPSA) is 50.9 Å². The number of hydrogen-bond donors (Lipinski definition) is 2. The highest BCUT2D eigenvalue weighted by Crippen LogP contribution is 2.50. The second-order valence-corrected chi connectivity index (χ2v) is 7.55. The number of nitrogens with zero attached hydrogens (tertiary/aromatic N) is 1. The largest absolute Gasteiger partial charge is 0.399 e. The average Bonchev–Trinajstić information content (AvgIpc) is 3.11. The summed E-state index contributed by atoms with van der Waals surface area (Å²) >= 11 is 1.72. The van der Waals surface area contributed by atoms with E-state index in [2.05, 4.69) is 17.2 Å². The van der Waals surface area contributed by atoms with Gasteiger partial charge < -0.3 is 11.1 Å². The van der Waals surface area contributed by atoms with Crippen molar-refractivity contribution in [3.63, 3.8) is 0 Å². The van der Waals surface area contributed by atoms with Crippen LogP contribution in [0.4, 0.5) is 10.8 Å². The van der Waals surface area contributed by atoms with Crippen LogP contribution in [-0.2, 0) is 0 Å². The maximum absolute atomic E-state index is 5.83. The summed E-state index contributed by atoms with van der Waals surface area (Å²) in [6.45, 7) is 2.33. The van der Waals surface area contributed by atoms with Crippen molar-refractivity contribution in [2.24, 2.45) is 17.8 Å². The summed E-state index contributed by atoms with van der Waals surface area (Å²) in [4.78, 5) is 4.68. The molecule has 3 N–H and O–H groups in total. The zero-order chi connectivity index (χ0) is 13.7. The van der Waals surface area contributed by atoms with E-state index in [1.165, 1.54) is 30.4 Å². The van der Waals surface area contributed by atoms with Crippen molar-refractivity contribution in [2.75, 3.05) is 11.1 Å². The van der Waals surface area contributed by atoms with Crippen molar-refractivity contribution in [3.8, 4) is 0 Å². The monoisotopic (exact) mass is 287 g/mol. The Morgan fingerprint density at radius 1 is 1.35 bits per heavy atom. The smallest absolute Gasteiger partial charge is 0.184 e. The molecule has 0 saturated heterocycles. The Balaban J connectivity index is 1.52. The van der Waals surface area contributed by atoms with Gasteiger partial charge in [0.05, 0.1) is 10.2 Å². The third-order valence-corrected chi connectivity index (χ3v) is 6.15. The lowest BCUT2D eigenvalue weighted by Gasteiger charge is -2.28. The highest BCUT2D eigenvalue weighted by atomic mass is 32.1. The Bertz CT molecular complexity index is 636. The van der Waals surface area contributed by atoms with Crippen LogP contribution in [0.3, 0.4) is 0 Å². The zero-order valence-corrected chi connectivity index (χ0v) is 12.6. The highest BCUT2D eigenvalue weighted by Gasteiger charge is 2.41. The van der Waals surface area contributed by atoms with Crippen molar-refractivity contribution in [3.05, 3.63) is 18.2 Å². The van der Waals surface area contributed by atoms with Gasteiger partial charge in [0.15, 0.2) is 5.13 Å². The molecule has 1 aromatic carbocycles. The Morgan fingerprint density at radius 3 is 3.00 bits per heavy atom. The van der Waals surface area contributed by atoms with Gasteiger partial charge >= 0.3 is 0 Å². The molecule has 106 valence electrons. The van der Waals surface area contributed by atoms with Gasteiger partial charge in [-0.2, -0.15) is 0 Å². The maximum Gasteiger partial charge on any atom is 0.184 e. The molecular formula is C16H21N3S. The van der Waals surface area contributed by atoms with E-state index >= 15 is 0 Å². The number of fused-ring (bicyclic) bond motifs is 3. The molecule has 20 heavy (non-hydrogen) atoms. The lowest BCUT2D eigenvalue weighted by atomic mass is 9.84. The molecule has 2 saturated carbocycles. The van der Waals surface area contributed by atoms with Crippen LogP contribution in [0.2, 0.25) is 0 Å². The van der Waals surface area contributed by atoms with Gasteiger partial charge in [0.1, 0.15) is 0 Å². The summed E-state index contributed by atoms with van der Waals surface area (Å²) in [5.41, 5.74) is 7.70. The molecule has 0 radical (unpaired) electrons. The second kappa shape index (κ2) is 4.62. The number of thiazole rings is 1. The molecule has 1 heterocycles. The van der Waals surface area contributed by atoms with Crippen LogP contribution in [-0.4, -0.2) is 11.0 Å². The van der Waals surface area contributed by atoms with Crippen molar-refractivity contribution in [2.45, 2.75) is 38.6 Å². The standard InChI is InChI=1S/C16H21N3S/c1-9(13-7-10-2-3-11(13)6-10)18-16-19-14-5-4-12(17)8-15(14)20-16/h4-5,8-11,13H,2-3,6-7,17H2,1H3,(H,18,19). The second-order valence-electron chi connectivity index (χ2n) is 6.52. The number of hydrogen-bond acceptors (Lipinski definition) is 4. The summed E-state index contributed by atoms with van der Waals surface area (Å²) < 4.78 is 1.17. The van der Waals surface area contributed by atoms with E-state index in [9.17, 15) is 0 Å². The minimum absolute atomic E-state index is 0.531. The molecule has 2 fully saturated rings. The fraction of sp³-hybridized carbons (Fsp3) is 0.562. The first-order valence-corrected chi connectivity index (χ1v) is 8.43. The van der Waals surface area contributed by atoms with Crippen LogP contribution in [0.25, 0.3) is 10.2 Å². The van der Waals surface area contributed by atoms with Crippen LogP contribution in [0.15, 0.2) is 18.2 Å². The van der Waals surface area contributed by atoms with E-state index in [1.807, 2.05) is 18.2 Å². The number of benzene rings is 1. The quantitative estimate of drug-likeness (QED) is 0.835. The molecule has 2 bridgehead atoms. The molecule has 1 aromatic heterocycles. The molecule has 2 aromatic rings. The highest BCUT2D eigenvalue weighted by molar-refractivity contribution is 7.22. The first-order chi connectivity index (χ1) is 9.69. The average molecular weight is 287 g/mol. The van der Waals surface area contributed by atoms with Crippen LogP contribution < -0.4 is 11.1 Å². The summed E-state index contributed by atoms with van der Waals surface area (Å²) in [6.07, 6.45) is 5.79. The third kappa shape index (κ3) is 2.06. The minimum atomic E-state index is 0.531. The number of nitrogen functional groups attached to an aromatic ring is 1. The molecule has 4 atom stereocenters. The lowest BCUT2D eigenvalue weighted by Crippen LogP contribution is -2.29. The molecule has 4 unspecified atom stereocenters. The van der Waals surface area contributed by atoms with Gasteiger partial charge in [0, 0.05) is 11.7 Å². The first kappa shape index (κ1) is 12.5. The lowest BCUT2D eigenvalue weighted by molar-refractivity contribution is 0.304. The minimum Gasteiger partial charge on any atom is -0.399 e. The maximum atomic E-state index is 5.83.